The molecule has 21 heavy (non-hydrogen) atoms. The third kappa shape index (κ3) is 4.52. The molecule has 1 rings (SSSR count). The highest BCUT2D eigenvalue weighted by atomic mass is 127. The van der Waals surface area contributed by atoms with Crippen molar-refractivity contribution in [1.29, 1.82) is 0 Å². The first kappa shape index (κ1) is 18.6. The Morgan fingerprint density at radius 2 is 1.71 bits per heavy atom. The van der Waals surface area contributed by atoms with Crippen LogP contribution in [0.15, 0.2) is 0 Å². The number of nitrogens with one attached hydrogen (secondary N) is 1. The molecule has 0 bridgehead atoms. The van der Waals surface area contributed by atoms with Crippen molar-refractivity contribution < 1.29 is 4.74 Å². The molecule has 0 aliphatic heterocycles. The molecule has 0 spiro atoms. The fraction of sp³-hybridized carbons (Fsp3) is 0.750. The van der Waals surface area contributed by atoms with Gasteiger partial charge in [0, 0.05) is 19.1 Å². The third-order valence-corrected chi connectivity index (χ3v) is 4.20. The second-order valence-corrected chi connectivity index (χ2v) is 8.43. The summed E-state index contributed by atoms with van der Waals surface area (Å²) in [5, 5.41) is 3.34. The molecule has 0 aromatic carbocycles. The van der Waals surface area contributed by atoms with E-state index in [4.69, 9.17) is 14.7 Å². The molecule has 1 unspecified atom stereocenters. The van der Waals surface area contributed by atoms with Gasteiger partial charge in [-0.2, -0.15) is 0 Å². The fourth-order valence-corrected chi connectivity index (χ4v) is 3.45. The first-order valence-corrected chi connectivity index (χ1v) is 8.44. The molecule has 0 amide bonds. The monoisotopic (exact) mass is 405 g/mol. The van der Waals surface area contributed by atoms with Gasteiger partial charge in [-0.15, -0.1) is 0 Å². The van der Waals surface area contributed by atoms with Gasteiger partial charge in [-0.05, 0) is 34.9 Å². The minimum atomic E-state index is -0.131. The smallest absolute Gasteiger partial charge is 0.160 e. The van der Waals surface area contributed by atoms with E-state index in [2.05, 4.69) is 76.4 Å². The van der Waals surface area contributed by atoms with Crippen LogP contribution in [-0.4, -0.2) is 23.6 Å². The molecular formula is C16H28IN3O. The zero-order valence-corrected chi connectivity index (χ0v) is 16.6. The summed E-state index contributed by atoms with van der Waals surface area (Å²) in [7, 11) is 1.72. The van der Waals surface area contributed by atoms with E-state index in [0.29, 0.717) is 0 Å². The van der Waals surface area contributed by atoms with E-state index in [9.17, 15) is 0 Å². The molecule has 1 N–H and O–H groups in total. The zero-order chi connectivity index (χ0) is 16.4. The number of anilines is 1. The fourth-order valence-electron chi connectivity index (χ4n) is 2.21. The summed E-state index contributed by atoms with van der Waals surface area (Å²) < 4.78 is 6.78. The van der Waals surface area contributed by atoms with Crippen LogP contribution in [-0.2, 0) is 10.2 Å². The summed E-state index contributed by atoms with van der Waals surface area (Å²) in [4.78, 5) is 9.56. The van der Waals surface area contributed by atoms with Crippen molar-refractivity contribution in [2.45, 2.75) is 60.0 Å². The van der Waals surface area contributed by atoms with E-state index >= 15 is 0 Å². The minimum Gasteiger partial charge on any atom is -0.373 e. The molecule has 0 aliphatic carbocycles. The Kier molecular flexibility index (Phi) is 6.00. The Hall–Kier alpha value is -0.430. The summed E-state index contributed by atoms with van der Waals surface area (Å²) in [6, 6.07) is 0. The molecule has 0 saturated carbocycles. The topological polar surface area (TPSA) is 47.0 Å². The van der Waals surface area contributed by atoms with Crippen molar-refractivity contribution in [2.24, 2.45) is 5.41 Å². The second-order valence-electron chi connectivity index (χ2n) is 7.36. The van der Waals surface area contributed by atoms with E-state index in [1.165, 1.54) is 0 Å². The van der Waals surface area contributed by atoms with Crippen LogP contribution in [0.2, 0.25) is 0 Å². The Balaban J connectivity index is 3.50. The average molecular weight is 405 g/mol. The van der Waals surface area contributed by atoms with E-state index in [1.54, 1.807) is 7.11 Å². The zero-order valence-electron chi connectivity index (χ0n) is 14.5. The van der Waals surface area contributed by atoms with E-state index < -0.39 is 0 Å². The quantitative estimate of drug-likeness (QED) is 0.747. The second kappa shape index (κ2) is 6.77. The molecule has 1 aromatic heterocycles. The molecule has 0 aliphatic rings. The Morgan fingerprint density at radius 1 is 1.14 bits per heavy atom. The van der Waals surface area contributed by atoms with Crippen LogP contribution in [0, 0.1) is 8.99 Å². The Bertz CT molecular complexity index is 490. The lowest BCUT2D eigenvalue weighted by Gasteiger charge is -2.30. The molecule has 1 aromatic rings. The first-order chi connectivity index (χ1) is 9.52. The van der Waals surface area contributed by atoms with Gasteiger partial charge >= 0.3 is 0 Å². The highest BCUT2D eigenvalue weighted by Crippen LogP contribution is 2.37. The van der Waals surface area contributed by atoms with Gasteiger partial charge in [0.25, 0.3) is 0 Å². The number of ether oxygens (including phenoxy) is 1. The van der Waals surface area contributed by atoms with Gasteiger partial charge in [0.2, 0.25) is 0 Å². The molecule has 0 saturated heterocycles. The van der Waals surface area contributed by atoms with Crippen molar-refractivity contribution in [1.82, 2.24) is 9.97 Å². The molecule has 0 fully saturated rings. The van der Waals surface area contributed by atoms with Gasteiger partial charge in [0.15, 0.2) is 5.82 Å². The molecule has 1 heterocycles. The van der Waals surface area contributed by atoms with E-state index in [-0.39, 0.29) is 16.9 Å². The van der Waals surface area contributed by atoms with Gasteiger partial charge in [0.05, 0.1) is 9.26 Å². The molecule has 4 nitrogen and oxygen atoms in total. The van der Waals surface area contributed by atoms with Crippen molar-refractivity contribution >= 4 is 28.4 Å². The summed E-state index contributed by atoms with van der Waals surface area (Å²) in [5.41, 5.74) is 0.977. The van der Waals surface area contributed by atoms with Gasteiger partial charge in [0.1, 0.15) is 11.9 Å². The van der Waals surface area contributed by atoms with Gasteiger partial charge in [-0.25, -0.2) is 9.97 Å². The maximum Gasteiger partial charge on any atom is 0.160 e. The normalized spacial score (nSPS) is 14.1. The predicted molar refractivity (Wildman–Crippen MR) is 96.8 cm³/mol. The number of halogens is 1. The summed E-state index contributed by atoms with van der Waals surface area (Å²) in [5.74, 6) is 1.66. The van der Waals surface area contributed by atoms with Gasteiger partial charge < -0.3 is 10.1 Å². The van der Waals surface area contributed by atoms with Crippen LogP contribution in [0.5, 0.6) is 0 Å². The lowest BCUT2D eigenvalue weighted by atomic mass is 9.87. The largest absolute Gasteiger partial charge is 0.373 e. The third-order valence-electron chi connectivity index (χ3n) is 3.18. The van der Waals surface area contributed by atoms with E-state index in [0.717, 1.165) is 27.5 Å². The number of methoxy groups -OCH3 is 1. The standard InChI is InChI=1S/C16H28IN3O/c1-9-18-13-10(17)11(15(2,3)4)19-14(20-13)12(21-8)16(5,6)7/h12H,9H2,1-8H3,(H,18,19,20). The molecular weight excluding hydrogens is 377 g/mol. The van der Waals surface area contributed by atoms with Crippen molar-refractivity contribution in [2.75, 3.05) is 19.0 Å². The molecule has 0 radical (unpaired) electrons. The SMILES string of the molecule is CCNc1nc(C(OC)C(C)(C)C)nc(C(C)(C)C)c1I. The first-order valence-electron chi connectivity index (χ1n) is 7.37. The maximum absolute atomic E-state index is 5.69. The van der Waals surface area contributed by atoms with E-state index in [1.807, 2.05) is 0 Å². The Morgan fingerprint density at radius 3 is 2.10 bits per heavy atom. The maximum atomic E-state index is 5.69. The van der Waals surface area contributed by atoms with Crippen molar-refractivity contribution in [3.05, 3.63) is 15.1 Å². The van der Waals surface area contributed by atoms with Crippen LogP contribution < -0.4 is 5.32 Å². The molecule has 120 valence electrons. The summed E-state index contributed by atoms with van der Waals surface area (Å²) in [6.45, 7) is 15.9. The highest BCUT2D eigenvalue weighted by Gasteiger charge is 2.32. The number of nitrogens with zero attached hydrogens (tertiary/aromatic N) is 2. The lowest BCUT2D eigenvalue weighted by molar-refractivity contribution is 0.00845. The summed E-state index contributed by atoms with van der Waals surface area (Å²) in [6.07, 6.45) is -0.131. The van der Waals surface area contributed by atoms with Crippen LogP contribution in [0.3, 0.4) is 0 Å². The lowest BCUT2D eigenvalue weighted by Crippen LogP contribution is -2.26. The van der Waals surface area contributed by atoms with Crippen LogP contribution in [0.25, 0.3) is 0 Å². The number of hydrogen-bond donors (Lipinski definition) is 1. The number of aromatic nitrogens is 2. The Labute approximate surface area is 142 Å². The molecule has 1 atom stereocenters. The van der Waals surface area contributed by atoms with Crippen molar-refractivity contribution in [3.8, 4) is 0 Å². The number of hydrogen-bond acceptors (Lipinski definition) is 4. The average Bonchev–Trinajstić information content (AvgIpc) is 2.30. The number of rotatable bonds is 4. The van der Waals surface area contributed by atoms with Crippen LogP contribution in [0.4, 0.5) is 5.82 Å². The van der Waals surface area contributed by atoms with Gasteiger partial charge in [-0.3, -0.25) is 0 Å². The van der Waals surface area contributed by atoms with Crippen LogP contribution in [0.1, 0.15) is 66.1 Å². The molecule has 5 heteroatoms. The minimum absolute atomic E-state index is 0.0332. The predicted octanol–water partition coefficient (Wildman–Crippen LogP) is 4.54. The van der Waals surface area contributed by atoms with Gasteiger partial charge in [-0.1, -0.05) is 41.5 Å². The van der Waals surface area contributed by atoms with Crippen molar-refractivity contribution in [3.63, 3.8) is 0 Å². The highest BCUT2D eigenvalue weighted by molar-refractivity contribution is 14.1. The summed E-state index contributed by atoms with van der Waals surface area (Å²) >= 11 is 2.33. The van der Waals surface area contributed by atoms with Crippen LogP contribution >= 0.6 is 22.6 Å².